The highest BCUT2D eigenvalue weighted by atomic mass is 32.2. The molecule has 58 heavy (non-hydrogen) atoms. The van der Waals surface area contributed by atoms with Gasteiger partial charge in [0, 0.05) is 49.4 Å². The van der Waals surface area contributed by atoms with Crippen LogP contribution in [0.4, 0.5) is 26.0 Å². The van der Waals surface area contributed by atoms with Gasteiger partial charge in [-0.15, -0.1) is 0 Å². The van der Waals surface area contributed by atoms with Gasteiger partial charge in [0.25, 0.3) is 11.6 Å². The Morgan fingerprint density at radius 2 is 1.28 bits per heavy atom. The smallest absolute Gasteiger partial charge is 0.284 e. The number of hydrogen-bond donors (Lipinski definition) is 1. The van der Waals surface area contributed by atoms with Crippen LogP contribution >= 0.6 is 0 Å². The summed E-state index contributed by atoms with van der Waals surface area (Å²) in [6.45, 7) is 2.85. The lowest BCUT2D eigenvalue weighted by molar-refractivity contribution is -0.385. The van der Waals surface area contributed by atoms with Gasteiger partial charge in [-0.25, -0.2) is 21.9 Å². The van der Waals surface area contributed by atoms with Crippen molar-refractivity contribution in [1.29, 1.82) is 0 Å². The quantitative estimate of drug-likeness (QED) is 0.0840. The lowest BCUT2D eigenvalue weighted by Gasteiger charge is -2.37. The molecule has 11 nitrogen and oxygen atoms in total. The van der Waals surface area contributed by atoms with E-state index in [1.54, 1.807) is 10.7 Å². The van der Waals surface area contributed by atoms with Crippen molar-refractivity contribution in [2.45, 2.75) is 15.3 Å². The van der Waals surface area contributed by atoms with Crippen molar-refractivity contribution in [2.24, 2.45) is 0 Å². The second-order valence-electron chi connectivity index (χ2n) is 14.1. The van der Waals surface area contributed by atoms with Crippen molar-refractivity contribution in [1.82, 2.24) is 14.7 Å². The van der Waals surface area contributed by atoms with Gasteiger partial charge in [-0.05, 0) is 66.2 Å². The number of likely N-dealkylation sites (N-methyl/N-ethyl adjacent to an activating group) is 1. The van der Waals surface area contributed by atoms with Gasteiger partial charge in [0.2, 0.25) is 9.84 Å². The summed E-state index contributed by atoms with van der Waals surface area (Å²) in [6.07, 6.45) is 0. The van der Waals surface area contributed by atoms with Crippen molar-refractivity contribution in [3.05, 3.63) is 190 Å². The topological polar surface area (TPSA) is 131 Å². The Labute approximate surface area is 332 Å². The van der Waals surface area contributed by atoms with Gasteiger partial charge in [0.15, 0.2) is 5.82 Å². The fraction of sp³-hybridized carbons (Fsp3) is 0.136. The van der Waals surface area contributed by atoms with Crippen LogP contribution < -0.4 is 10.2 Å². The Hall–Kier alpha value is -6.77. The maximum atomic E-state index is 14.3. The molecule has 1 N–H and O–H groups in total. The number of carbonyl (C=O) groups is 1. The van der Waals surface area contributed by atoms with E-state index in [2.05, 4.69) is 10.2 Å². The van der Waals surface area contributed by atoms with Gasteiger partial charge in [-0.2, -0.15) is 5.10 Å². The summed E-state index contributed by atoms with van der Waals surface area (Å²) in [6, 6.07) is 39.2. The third-order valence-corrected chi connectivity index (χ3v) is 12.3. The van der Waals surface area contributed by atoms with Gasteiger partial charge in [-0.1, -0.05) is 91.0 Å². The predicted octanol–water partition coefficient (Wildman–Crippen LogP) is 7.90. The maximum absolute atomic E-state index is 14.3. The van der Waals surface area contributed by atoms with E-state index < -0.39 is 48.4 Å². The normalized spacial score (nSPS) is 13.7. The fourth-order valence-electron chi connectivity index (χ4n) is 7.64. The molecule has 2 heterocycles. The standard InChI is InChI=1S/C44H36F2N6O5S/c1-49-21-23-50(24-22-49)35-17-19-38(41(28-35)52(54)55)43(53)47-42-39-29-36(58(56,57)37-26-33(45)25-34(46)27-37)18-20-40(39)51(48-42)44(30-11-5-2-6-12-30,31-13-7-3-8-14-31)32-15-9-4-10-16-32/h2-20,25-29H,21-24H2,1H3,(H,47,48,53). The summed E-state index contributed by atoms with van der Waals surface area (Å²) < 4.78 is 58.3. The third kappa shape index (κ3) is 6.86. The first-order valence-corrected chi connectivity index (χ1v) is 19.9. The molecule has 1 fully saturated rings. The van der Waals surface area contributed by atoms with E-state index in [4.69, 9.17) is 5.10 Å². The van der Waals surface area contributed by atoms with Gasteiger partial charge in [-0.3, -0.25) is 14.9 Å². The minimum absolute atomic E-state index is 0.105. The summed E-state index contributed by atoms with van der Waals surface area (Å²) in [5.41, 5.74) is 1.42. The number of nitrogens with zero attached hydrogens (tertiary/aromatic N) is 5. The fourth-order valence-corrected chi connectivity index (χ4v) is 8.96. The van der Waals surface area contributed by atoms with Crippen LogP contribution in [0.1, 0.15) is 27.0 Å². The van der Waals surface area contributed by atoms with Crippen LogP contribution in [0.5, 0.6) is 0 Å². The molecule has 0 atom stereocenters. The molecule has 8 rings (SSSR count). The summed E-state index contributed by atoms with van der Waals surface area (Å²) in [5, 5.41) is 20.4. The van der Waals surface area contributed by atoms with Gasteiger partial charge >= 0.3 is 0 Å². The summed E-state index contributed by atoms with van der Waals surface area (Å²) >= 11 is 0. The van der Waals surface area contributed by atoms with Crippen LogP contribution in [-0.2, 0) is 15.4 Å². The summed E-state index contributed by atoms with van der Waals surface area (Å²) in [4.78, 5) is 29.4. The number of nitrogens with one attached hydrogen (secondary N) is 1. The number of amides is 1. The summed E-state index contributed by atoms with van der Waals surface area (Å²) in [7, 11) is -2.52. The van der Waals surface area contributed by atoms with E-state index in [9.17, 15) is 32.1 Å². The highest BCUT2D eigenvalue weighted by Gasteiger charge is 2.41. The molecule has 0 bridgehead atoms. The molecule has 0 spiro atoms. The number of nitro benzene ring substituents is 1. The van der Waals surface area contributed by atoms with Crippen LogP contribution in [0.25, 0.3) is 10.9 Å². The number of halogens is 2. The number of fused-ring (bicyclic) bond motifs is 1. The Morgan fingerprint density at radius 1 is 0.724 bits per heavy atom. The van der Waals surface area contributed by atoms with Crippen LogP contribution in [0.15, 0.2) is 155 Å². The van der Waals surface area contributed by atoms with E-state index in [-0.39, 0.29) is 21.7 Å². The number of benzene rings is 6. The zero-order valence-corrected chi connectivity index (χ0v) is 31.9. The van der Waals surface area contributed by atoms with Gasteiger partial charge in [0.05, 0.1) is 20.2 Å². The molecule has 0 saturated carbocycles. The largest absolute Gasteiger partial charge is 0.369 e. The molecule has 0 unspecified atom stereocenters. The first-order valence-electron chi connectivity index (χ1n) is 18.4. The molecule has 1 aromatic heterocycles. The van der Waals surface area contributed by atoms with Crippen LogP contribution in [0.3, 0.4) is 0 Å². The predicted molar refractivity (Wildman–Crippen MR) is 217 cm³/mol. The number of hydrogen-bond acceptors (Lipinski definition) is 8. The van der Waals surface area contributed by atoms with Crippen LogP contribution in [-0.4, -0.2) is 67.2 Å². The SMILES string of the molecule is CN1CCN(c2ccc(C(=O)Nc3nn(C(c4ccccc4)(c4ccccc4)c4ccccc4)c4ccc(S(=O)(=O)c5cc(F)cc(F)c5)cc34)c([N+](=O)[O-])c2)CC1. The van der Waals surface area contributed by atoms with Crippen molar-refractivity contribution < 1.29 is 26.9 Å². The van der Waals surface area contributed by atoms with E-state index >= 15 is 0 Å². The van der Waals surface area contributed by atoms with Crippen LogP contribution in [0.2, 0.25) is 0 Å². The first kappa shape index (κ1) is 38.1. The zero-order valence-electron chi connectivity index (χ0n) is 31.1. The second kappa shape index (κ2) is 15.3. The molecule has 1 amide bonds. The molecule has 7 aromatic rings. The molecule has 1 aliphatic heterocycles. The van der Waals surface area contributed by atoms with E-state index in [0.717, 1.165) is 41.9 Å². The second-order valence-corrected chi connectivity index (χ2v) is 16.0. The molecule has 0 aliphatic carbocycles. The molecule has 1 saturated heterocycles. The number of anilines is 2. The molecular formula is C44H36F2N6O5S. The highest BCUT2D eigenvalue weighted by Crippen LogP contribution is 2.44. The molecular weight excluding hydrogens is 763 g/mol. The van der Waals surface area contributed by atoms with Crippen molar-refractivity contribution in [3.8, 4) is 0 Å². The minimum Gasteiger partial charge on any atom is -0.369 e. The van der Waals surface area contributed by atoms with Gasteiger partial charge in [0.1, 0.15) is 22.7 Å². The number of aromatic nitrogens is 2. The van der Waals surface area contributed by atoms with Gasteiger partial charge < -0.3 is 15.1 Å². The lowest BCUT2D eigenvalue weighted by atomic mass is 9.77. The maximum Gasteiger partial charge on any atom is 0.284 e. The van der Waals surface area contributed by atoms with Crippen molar-refractivity contribution >= 4 is 43.8 Å². The minimum atomic E-state index is -4.52. The first-order chi connectivity index (χ1) is 28.0. The summed E-state index contributed by atoms with van der Waals surface area (Å²) in [5.74, 6) is -3.10. The Balaban J connectivity index is 1.35. The number of sulfone groups is 1. The number of piperazine rings is 1. The lowest BCUT2D eigenvalue weighted by Crippen LogP contribution is -2.44. The number of nitro groups is 1. The van der Waals surface area contributed by atoms with Crippen molar-refractivity contribution in [3.63, 3.8) is 0 Å². The molecule has 292 valence electrons. The van der Waals surface area contributed by atoms with Crippen molar-refractivity contribution in [2.75, 3.05) is 43.4 Å². The Bertz CT molecular complexity index is 2660. The monoisotopic (exact) mass is 798 g/mol. The Kier molecular flexibility index (Phi) is 10.0. The zero-order chi connectivity index (χ0) is 40.6. The molecule has 14 heteroatoms. The third-order valence-electron chi connectivity index (χ3n) is 10.5. The average Bonchev–Trinajstić information content (AvgIpc) is 3.59. The number of carbonyl (C=O) groups excluding carboxylic acids is 1. The highest BCUT2D eigenvalue weighted by molar-refractivity contribution is 7.91. The molecule has 0 radical (unpaired) electrons. The Morgan fingerprint density at radius 3 is 1.81 bits per heavy atom. The van der Waals surface area contributed by atoms with Crippen LogP contribution in [0, 0.1) is 21.7 Å². The van der Waals surface area contributed by atoms with E-state index in [1.807, 2.05) is 103 Å². The average molecular weight is 799 g/mol. The van der Waals surface area contributed by atoms with E-state index in [1.165, 1.54) is 30.3 Å². The molecule has 1 aliphatic rings. The van der Waals surface area contributed by atoms with E-state index in [0.29, 0.717) is 30.4 Å². The number of rotatable bonds is 10. The molecule has 6 aromatic carbocycles.